The highest BCUT2D eigenvalue weighted by Gasteiger charge is 2.48. The summed E-state index contributed by atoms with van der Waals surface area (Å²) in [7, 11) is 0. The molecule has 0 spiro atoms. The second kappa shape index (κ2) is 3.57. The Morgan fingerprint density at radius 3 is 2.44 bits per heavy atom. The van der Waals surface area contributed by atoms with Gasteiger partial charge < -0.3 is 4.52 Å². The van der Waals surface area contributed by atoms with Gasteiger partial charge in [0.05, 0.1) is 0 Å². The van der Waals surface area contributed by atoms with E-state index in [4.69, 9.17) is 4.52 Å². The minimum atomic E-state index is 0.349. The fourth-order valence-corrected chi connectivity index (χ4v) is 2.77. The van der Waals surface area contributed by atoms with Gasteiger partial charge in [-0.2, -0.15) is 4.98 Å². The van der Waals surface area contributed by atoms with Crippen molar-refractivity contribution >= 4 is 0 Å². The molecule has 0 bridgehead atoms. The maximum atomic E-state index is 5.03. The molecule has 0 aromatic carbocycles. The quantitative estimate of drug-likeness (QED) is 0.770. The number of hydrogen-bond donors (Lipinski definition) is 0. The lowest BCUT2D eigenvalue weighted by Crippen LogP contribution is -2.32. The number of hydrogen-bond acceptors (Lipinski definition) is 3. The average Bonchev–Trinajstić information content (AvgIpc) is 2.64. The Labute approximate surface area is 97.6 Å². The first-order chi connectivity index (χ1) is 7.33. The molecule has 16 heavy (non-hydrogen) atoms. The minimum Gasteiger partial charge on any atom is -0.340 e. The molecule has 1 heterocycles. The smallest absolute Gasteiger partial charge is 0.223 e. The van der Waals surface area contributed by atoms with Crippen LogP contribution in [0.25, 0.3) is 0 Å². The number of aryl methyl sites for hydroxylation is 1. The Morgan fingerprint density at radius 1 is 1.31 bits per heavy atom. The summed E-state index contributed by atoms with van der Waals surface area (Å²) in [5.41, 5.74) is 0.762. The molecule has 1 aliphatic carbocycles. The van der Waals surface area contributed by atoms with Crippen LogP contribution < -0.4 is 0 Å². The molecule has 1 aromatic rings. The van der Waals surface area contributed by atoms with E-state index in [0.29, 0.717) is 22.6 Å². The summed E-state index contributed by atoms with van der Waals surface area (Å²) < 4.78 is 5.03. The van der Waals surface area contributed by atoms with Crippen molar-refractivity contribution in [2.45, 2.75) is 53.9 Å². The third-order valence-electron chi connectivity index (χ3n) is 4.88. The van der Waals surface area contributed by atoms with E-state index in [1.54, 1.807) is 0 Å². The highest BCUT2D eigenvalue weighted by atomic mass is 16.5. The van der Waals surface area contributed by atoms with Crippen LogP contribution in [-0.4, -0.2) is 10.1 Å². The first-order valence-electron chi connectivity index (χ1n) is 6.12. The van der Waals surface area contributed by atoms with E-state index < -0.39 is 0 Å². The van der Waals surface area contributed by atoms with Crippen LogP contribution in [-0.2, 0) is 6.42 Å². The van der Waals surface area contributed by atoms with Crippen molar-refractivity contribution < 1.29 is 4.52 Å². The molecule has 1 atom stereocenters. The molecule has 0 saturated heterocycles. The summed E-state index contributed by atoms with van der Waals surface area (Å²) >= 11 is 0. The van der Waals surface area contributed by atoms with Crippen LogP contribution in [0.15, 0.2) is 4.52 Å². The van der Waals surface area contributed by atoms with Gasteiger partial charge in [-0.05, 0) is 29.6 Å². The maximum Gasteiger partial charge on any atom is 0.223 e. The van der Waals surface area contributed by atoms with E-state index >= 15 is 0 Å². The van der Waals surface area contributed by atoms with Gasteiger partial charge in [0.25, 0.3) is 0 Å². The summed E-state index contributed by atoms with van der Waals surface area (Å²) in [6, 6.07) is 0. The standard InChI is InChI=1S/C13H22N2O/c1-9-14-11(15-16-9)8-10-6-7-12(2,3)13(10,4)5/h10H,6-8H2,1-5H3/t10-/m1/s1. The van der Waals surface area contributed by atoms with Gasteiger partial charge in [0.15, 0.2) is 5.82 Å². The third-order valence-corrected chi connectivity index (χ3v) is 4.88. The average molecular weight is 222 g/mol. The van der Waals surface area contributed by atoms with Crippen molar-refractivity contribution in [1.82, 2.24) is 10.1 Å². The van der Waals surface area contributed by atoms with Gasteiger partial charge in [0.2, 0.25) is 5.89 Å². The molecule has 0 N–H and O–H groups in total. The van der Waals surface area contributed by atoms with E-state index in [-0.39, 0.29) is 0 Å². The molecular formula is C13H22N2O. The fraction of sp³-hybridized carbons (Fsp3) is 0.846. The Balaban J connectivity index is 2.13. The van der Waals surface area contributed by atoms with Crippen LogP contribution in [0.1, 0.15) is 52.3 Å². The molecule has 0 amide bonds. The van der Waals surface area contributed by atoms with Gasteiger partial charge in [-0.1, -0.05) is 32.9 Å². The van der Waals surface area contributed by atoms with Gasteiger partial charge in [-0.25, -0.2) is 0 Å². The molecule has 0 radical (unpaired) electrons. The Hall–Kier alpha value is -0.860. The van der Waals surface area contributed by atoms with E-state index in [2.05, 4.69) is 37.8 Å². The highest BCUT2D eigenvalue weighted by Crippen LogP contribution is 2.56. The van der Waals surface area contributed by atoms with E-state index in [9.17, 15) is 0 Å². The summed E-state index contributed by atoms with van der Waals surface area (Å²) in [5, 5.41) is 4.01. The molecular weight excluding hydrogens is 200 g/mol. The van der Waals surface area contributed by atoms with Crippen molar-refractivity contribution in [3.8, 4) is 0 Å². The van der Waals surface area contributed by atoms with E-state index in [1.807, 2.05) is 6.92 Å². The van der Waals surface area contributed by atoms with Crippen LogP contribution in [0, 0.1) is 23.7 Å². The van der Waals surface area contributed by atoms with Gasteiger partial charge in [-0.3, -0.25) is 0 Å². The minimum absolute atomic E-state index is 0.349. The molecule has 0 unspecified atom stereocenters. The van der Waals surface area contributed by atoms with Gasteiger partial charge in [-0.15, -0.1) is 0 Å². The number of nitrogens with zero attached hydrogens (tertiary/aromatic N) is 2. The van der Waals surface area contributed by atoms with Crippen molar-refractivity contribution in [3.63, 3.8) is 0 Å². The zero-order valence-electron chi connectivity index (χ0n) is 11.0. The summed E-state index contributed by atoms with van der Waals surface area (Å²) in [6.45, 7) is 11.3. The summed E-state index contributed by atoms with van der Waals surface area (Å²) in [6.07, 6.45) is 3.52. The zero-order chi connectivity index (χ0) is 12.0. The van der Waals surface area contributed by atoms with Crippen LogP contribution in [0.5, 0.6) is 0 Å². The lowest BCUT2D eigenvalue weighted by atomic mass is 9.66. The third kappa shape index (κ3) is 1.76. The van der Waals surface area contributed by atoms with Crippen molar-refractivity contribution in [2.75, 3.05) is 0 Å². The van der Waals surface area contributed by atoms with E-state index in [1.165, 1.54) is 12.8 Å². The molecule has 2 rings (SSSR count). The molecule has 0 aliphatic heterocycles. The fourth-order valence-electron chi connectivity index (χ4n) is 2.77. The van der Waals surface area contributed by atoms with Crippen LogP contribution in [0.4, 0.5) is 0 Å². The molecule has 1 aromatic heterocycles. The Kier molecular flexibility index (Phi) is 2.59. The van der Waals surface area contributed by atoms with Crippen molar-refractivity contribution in [2.24, 2.45) is 16.7 Å². The monoisotopic (exact) mass is 222 g/mol. The topological polar surface area (TPSA) is 38.9 Å². The first kappa shape index (κ1) is 11.6. The van der Waals surface area contributed by atoms with Crippen LogP contribution in [0.2, 0.25) is 0 Å². The largest absolute Gasteiger partial charge is 0.340 e. The zero-order valence-corrected chi connectivity index (χ0v) is 11.0. The lowest BCUT2D eigenvalue weighted by Gasteiger charge is -2.39. The van der Waals surface area contributed by atoms with Crippen LogP contribution >= 0.6 is 0 Å². The predicted molar refractivity (Wildman–Crippen MR) is 63.0 cm³/mol. The molecule has 1 fully saturated rings. The Morgan fingerprint density at radius 2 is 2.00 bits per heavy atom. The molecule has 90 valence electrons. The van der Waals surface area contributed by atoms with Crippen LogP contribution in [0.3, 0.4) is 0 Å². The normalized spacial score (nSPS) is 27.2. The molecule has 1 aliphatic rings. The number of aromatic nitrogens is 2. The molecule has 3 heteroatoms. The Bertz CT molecular complexity index is 379. The van der Waals surface area contributed by atoms with Gasteiger partial charge >= 0.3 is 0 Å². The van der Waals surface area contributed by atoms with Gasteiger partial charge in [0.1, 0.15) is 0 Å². The predicted octanol–water partition coefficient (Wildman–Crippen LogP) is 3.38. The van der Waals surface area contributed by atoms with E-state index in [0.717, 1.165) is 12.2 Å². The number of rotatable bonds is 2. The molecule has 3 nitrogen and oxygen atoms in total. The second-order valence-corrected chi connectivity index (χ2v) is 6.27. The maximum absolute atomic E-state index is 5.03. The highest BCUT2D eigenvalue weighted by molar-refractivity contribution is 5.01. The lowest BCUT2D eigenvalue weighted by molar-refractivity contribution is 0.106. The summed E-state index contributed by atoms with van der Waals surface area (Å²) in [4.78, 5) is 4.31. The summed E-state index contributed by atoms with van der Waals surface area (Å²) in [5.74, 6) is 2.21. The molecule has 1 saturated carbocycles. The first-order valence-corrected chi connectivity index (χ1v) is 6.12. The van der Waals surface area contributed by atoms with Crippen molar-refractivity contribution in [1.29, 1.82) is 0 Å². The second-order valence-electron chi connectivity index (χ2n) is 6.27. The SMILES string of the molecule is Cc1nc(C[C@H]2CCC(C)(C)C2(C)C)no1. The van der Waals surface area contributed by atoms with Crippen molar-refractivity contribution in [3.05, 3.63) is 11.7 Å². The van der Waals surface area contributed by atoms with Gasteiger partial charge in [0, 0.05) is 13.3 Å².